The smallest absolute Gasteiger partial charge is 0.345 e. The van der Waals surface area contributed by atoms with Crippen molar-refractivity contribution in [1.82, 2.24) is 9.55 Å². The van der Waals surface area contributed by atoms with Crippen LogP contribution in [0.4, 0.5) is 0 Å². The number of fused-ring (bicyclic) bond motifs is 4. The van der Waals surface area contributed by atoms with E-state index in [1.165, 1.54) is 6.07 Å². The molecule has 3 aromatic rings. The highest BCUT2D eigenvalue weighted by molar-refractivity contribution is 5.86. The van der Waals surface area contributed by atoms with Gasteiger partial charge in [0, 0.05) is 28.0 Å². The van der Waals surface area contributed by atoms with E-state index >= 15 is 0 Å². The van der Waals surface area contributed by atoms with Crippen molar-refractivity contribution >= 4 is 16.9 Å². The van der Waals surface area contributed by atoms with E-state index in [2.05, 4.69) is 0 Å². The summed E-state index contributed by atoms with van der Waals surface area (Å²) in [5.41, 5.74) is 1.82. The van der Waals surface area contributed by atoms with Crippen LogP contribution in [0.5, 0.6) is 5.75 Å². The number of nitrogens with zero attached hydrogens (tertiary/aromatic N) is 2. The first kappa shape index (κ1) is 20.7. The minimum absolute atomic E-state index is 0.194. The molecular formula is C25H26N2O5. The second kappa shape index (κ2) is 6.90. The molecule has 2 atom stereocenters. The van der Waals surface area contributed by atoms with Gasteiger partial charge in [0.1, 0.15) is 5.75 Å². The standard InChI is InChI=1S/C25H26N2O5/c1-6-25(22(29)31-23(32-25)24(2,3)4)16-11-19-21-15(13-27(19)20(28)12-16)9-14-10-17(30-5)7-8-18(14)26-21/h7-12,23H,6,13H2,1-5H3/t23-,25-/m0/s1. The van der Waals surface area contributed by atoms with Gasteiger partial charge in [-0.05, 0) is 36.8 Å². The van der Waals surface area contributed by atoms with Crippen LogP contribution in [-0.2, 0) is 26.4 Å². The molecule has 5 rings (SSSR count). The van der Waals surface area contributed by atoms with Gasteiger partial charge in [-0.2, -0.15) is 0 Å². The molecule has 1 aromatic carbocycles. The topological polar surface area (TPSA) is 79.7 Å². The van der Waals surface area contributed by atoms with Gasteiger partial charge in [0.2, 0.25) is 6.29 Å². The van der Waals surface area contributed by atoms with Gasteiger partial charge in [-0.15, -0.1) is 0 Å². The minimum Gasteiger partial charge on any atom is -0.497 e. The highest BCUT2D eigenvalue weighted by Gasteiger charge is 2.54. The van der Waals surface area contributed by atoms with Crippen molar-refractivity contribution in [3.63, 3.8) is 0 Å². The summed E-state index contributed by atoms with van der Waals surface area (Å²) in [6, 6.07) is 11.1. The summed E-state index contributed by atoms with van der Waals surface area (Å²) in [6.45, 7) is 8.15. The number of hydrogen-bond donors (Lipinski definition) is 0. The average molecular weight is 434 g/mol. The number of esters is 1. The molecule has 2 aliphatic heterocycles. The highest BCUT2D eigenvalue weighted by Crippen LogP contribution is 2.44. The molecule has 0 saturated carbocycles. The molecule has 0 spiro atoms. The molecular weight excluding hydrogens is 408 g/mol. The molecule has 0 radical (unpaired) electrons. The molecule has 0 unspecified atom stereocenters. The summed E-state index contributed by atoms with van der Waals surface area (Å²) in [4.78, 5) is 30.9. The fourth-order valence-electron chi connectivity index (χ4n) is 4.45. The Labute approximate surface area is 185 Å². The van der Waals surface area contributed by atoms with Crippen LogP contribution in [0, 0.1) is 5.41 Å². The number of ether oxygens (including phenoxy) is 3. The van der Waals surface area contributed by atoms with Crippen LogP contribution in [0.2, 0.25) is 0 Å². The van der Waals surface area contributed by atoms with E-state index in [4.69, 9.17) is 19.2 Å². The molecule has 1 saturated heterocycles. The molecule has 7 nitrogen and oxygen atoms in total. The molecule has 7 heteroatoms. The number of aromatic nitrogens is 2. The molecule has 0 aliphatic carbocycles. The maximum absolute atomic E-state index is 13.1. The van der Waals surface area contributed by atoms with Crippen LogP contribution < -0.4 is 10.3 Å². The average Bonchev–Trinajstić information content (AvgIpc) is 3.30. The monoisotopic (exact) mass is 434 g/mol. The lowest BCUT2D eigenvalue weighted by atomic mass is 9.90. The van der Waals surface area contributed by atoms with E-state index in [0.717, 1.165) is 27.9 Å². The quantitative estimate of drug-likeness (QED) is 0.454. The Morgan fingerprint density at radius 1 is 1.19 bits per heavy atom. The summed E-state index contributed by atoms with van der Waals surface area (Å²) in [6.07, 6.45) is -0.325. The maximum atomic E-state index is 13.1. The fraction of sp³-hybridized carbons (Fsp3) is 0.400. The molecule has 166 valence electrons. The summed E-state index contributed by atoms with van der Waals surface area (Å²) in [7, 11) is 1.63. The van der Waals surface area contributed by atoms with Gasteiger partial charge < -0.3 is 18.8 Å². The Balaban J connectivity index is 1.65. The molecule has 32 heavy (non-hydrogen) atoms. The van der Waals surface area contributed by atoms with Gasteiger partial charge >= 0.3 is 5.97 Å². The van der Waals surface area contributed by atoms with Crippen LogP contribution in [0.25, 0.3) is 22.3 Å². The van der Waals surface area contributed by atoms with Crippen molar-refractivity contribution in [2.24, 2.45) is 5.41 Å². The Kier molecular flexibility index (Phi) is 4.47. The zero-order valence-corrected chi connectivity index (χ0v) is 18.9. The number of rotatable bonds is 3. The molecule has 1 fully saturated rings. The van der Waals surface area contributed by atoms with Crippen molar-refractivity contribution in [1.29, 1.82) is 0 Å². The van der Waals surface area contributed by atoms with Gasteiger partial charge in [0.15, 0.2) is 5.60 Å². The van der Waals surface area contributed by atoms with Crippen LogP contribution in [0.1, 0.15) is 45.2 Å². The third kappa shape index (κ3) is 2.95. The largest absolute Gasteiger partial charge is 0.497 e. The first-order valence-corrected chi connectivity index (χ1v) is 10.8. The Hall–Kier alpha value is -3.19. The number of carbonyl (C=O) groups is 1. The van der Waals surface area contributed by atoms with Gasteiger partial charge in [0.05, 0.1) is 30.6 Å². The Bertz CT molecular complexity index is 1320. The molecule has 2 aliphatic rings. The zero-order valence-electron chi connectivity index (χ0n) is 18.9. The van der Waals surface area contributed by atoms with E-state index in [1.54, 1.807) is 11.7 Å². The maximum Gasteiger partial charge on any atom is 0.345 e. The van der Waals surface area contributed by atoms with Gasteiger partial charge in [-0.3, -0.25) is 4.79 Å². The predicted molar refractivity (Wildman–Crippen MR) is 119 cm³/mol. The normalized spacial score (nSPS) is 22.0. The summed E-state index contributed by atoms with van der Waals surface area (Å²) in [5.74, 6) is 0.297. The van der Waals surface area contributed by atoms with Crippen molar-refractivity contribution in [3.8, 4) is 17.1 Å². The van der Waals surface area contributed by atoms with Crippen LogP contribution in [0.15, 0.2) is 41.2 Å². The number of cyclic esters (lactones) is 1. The third-order valence-electron chi connectivity index (χ3n) is 6.32. The summed E-state index contributed by atoms with van der Waals surface area (Å²) >= 11 is 0. The molecule has 0 N–H and O–H groups in total. The lowest BCUT2D eigenvalue weighted by Gasteiger charge is -2.28. The van der Waals surface area contributed by atoms with Crippen LogP contribution >= 0.6 is 0 Å². The van der Waals surface area contributed by atoms with Crippen molar-refractivity contribution in [3.05, 3.63) is 57.9 Å². The van der Waals surface area contributed by atoms with E-state index in [-0.39, 0.29) is 11.0 Å². The van der Waals surface area contributed by atoms with E-state index < -0.39 is 17.9 Å². The fourth-order valence-corrected chi connectivity index (χ4v) is 4.45. The number of pyridine rings is 2. The number of carbonyl (C=O) groups excluding carboxylic acids is 1. The summed E-state index contributed by atoms with van der Waals surface area (Å²) < 4.78 is 18.8. The van der Waals surface area contributed by atoms with Gasteiger partial charge in [-0.1, -0.05) is 27.7 Å². The molecule has 0 bridgehead atoms. The number of benzene rings is 1. The SMILES string of the molecule is CC[C@@]1(c2cc3n(c(=O)c2)Cc2cc4cc(OC)ccc4nc2-3)O[C@@H](C(C)(C)C)OC1=O. The lowest BCUT2D eigenvalue weighted by Crippen LogP contribution is -2.36. The number of methoxy groups -OCH3 is 1. The number of hydrogen-bond acceptors (Lipinski definition) is 6. The zero-order chi connectivity index (χ0) is 22.8. The van der Waals surface area contributed by atoms with Crippen LogP contribution in [0.3, 0.4) is 0 Å². The second-order valence-corrected chi connectivity index (χ2v) is 9.51. The predicted octanol–water partition coefficient (Wildman–Crippen LogP) is 3.98. The van der Waals surface area contributed by atoms with Gasteiger partial charge in [-0.25, -0.2) is 9.78 Å². The highest BCUT2D eigenvalue weighted by atomic mass is 16.8. The Morgan fingerprint density at radius 2 is 1.97 bits per heavy atom. The van der Waals surface area contributed by atoms with E-state index in [9.17, 15) is 9.59 Å². The van der Waals surface area contributed by atoms with Crippen LogP contribution in [-0.4, -0.2) is 28.9 Å². The van der Waals surface area contributed by atoms with E-state index in [0.29, 0.717) is 24.2 Å². The minimum atomic E-state index is -1.31. The molecule has 2 aromatic heterocycles. The van der Waals surface area contributed by atoms with Crippen molar-refractivity contribution in [2.75, 3.05) is 7.11 Å². The van der Waals surface area contributed by atoms with Gasteiger partial charge in [0.25, 0.3) is 5.56 Å². The lowest BCUT2D eigenvalue weighted by molar-refractivity contribution is -0.156. The second-order valence-electron chi connectivity index (χ2n) is 9.51. The van der Waals surface area contributed by atoms with E-state index in [1.807, 2.05) is 58.0 Å². The van der Waals surface area contributed by atoms with Crippen molar-refractivity contribution in [2.45, 2.75) is 52.6 Å². The molecule has 0 amide bonds. The first-order chi connectivity index (χ1) is 15.2. The molecule has 4 heterocycles. The Morgan fingerprint density at radius 3 is 2.62 bits per heavy atom. The van der Waals surface area contributed by atoms with Crippen molar-refractivity contribution < 1.29 is 19.0 Å². The third-order valence-corrected chi connectivity index (χ3v) is 6.32. The summed E-state index contributed by atoms with van der Waals surface area (Å²) in [5, 5.41) is 0.949. The first-order valence-electron chi connectivity index (χ1n) is 10.8.